The molecule has 0 saturated carbocycles. The minimum atomic E-state index is -3.15. The van der Waals surface area contributed by atoms with Gasteiger partial charge in [0.05, 0.1) is 5.25 Å². The monoisotopic (exact) mass is 227 g/mol. The molecule has 0 N–H and O–H groups in total. The van der Waals surface area contributed by atoms with E-state index in [2.05, 4.69) is 0 Å². The van der Waals surface area contributed by atoms with Crippen LogP contribution in [0.1, 0.15) is 27.7 Å². The van der Waals surface area contributed by atoms with Gasteiger partial charge in [0.1, 0.15) is 0 Å². The number of sulfonamides is 1. The summed E-state index contributed by atoms with van der Waals surface area (Å²) in [6.07, 6.45) is 0. The first-order chi connectivity index (χ1) is 5.84. The first-order valence-electron chi connectivity index (χ1n) is 4.40. The normalized spacial score (nSPS) is 13.2. The molecule has 3 nitrogen and oxygen atoms in total. The van der Waals surface area contributed by atoms with E-state index in [1.165, 1.54) is 4.31 Å². The van der Waals surface area contributed by atoms with Crippen LogP contribution in [0, 0.1) is 0 Å². The summed E-state index contributed by atoms with van der Waals surface area (Å²) >= 11 is 5.54. The number of rotatable bonds is 5. The molecule has 0 rings (SSSR count). The topological polar surface area (TPSA) is 37.4 Å². The highest BCUT2D eigenvalue weighted by Crippen LogP contribution is 2.12. The van der Waals surface area contributed by atoms with Crippen molar-refractivity contribution >= 4 is 21.6 Å². The largest absolute Gasteiger partial charge is 0.216 e. The van der Waals surface area contributed by atoms with E-state index in [0.29, 0.717) is 12.4 Å². The van der Waals surface area contributed by atoms with E-state index in [9.17, 15) is 8.42 Å². The quantitative estimate of drug-likeness (QED) is 0.671. The Bertz CT molecular complexity index is 237. The Labute approximate surface area is 86.1 Å². The van der Waals surface area contributed by atoms with Crippen LogP contribution in [0.2, 0.25) is 0 Å². The second-order valence-corrected chi connectivity index (χ2v) is 6.31. The Morgan fingerprint density at radius 1 is 1.23 bits per heavy atom. The second-order valence-electron chi connectivity index (χ2n) is 3.49. The molecule has 0 radical (unpaired) electrons. The number of hydrogen-bond acceptors (Lipinski definition) is 2. The predicted octanol–water partition coefficient (Wildman–Crippen LogP) is 1.67. The van der Waals surface area contributed by atoms with Gasteiger partial charge < -0.3 is 0 Å². The molecule has 0 amide bonds. The molecule has 0 atom stereocenters. The maximum atomic E-state index is 11.7. The highest BCUT2D eigenvalue weighted by molar-refractivity contribution is 7.89. The molecule has 0 aliphatic rings. The number of alkyl halides is 1. The lowest BCUT2D eigenvalue weighted by Gasteiger charge is -2.26. The van der Waals surface area contributed by atoms with Crippen LogP contribution in [-0.4, -0.2) is 36.4 Å². The van der Waals surface area contributed by atoms with Crippen LogP contribution in [0.5, 0.6) is 0 Å². The summed E-state index contributed by atoms with van der Waals surface area (Å²) in [7, 11) is -3.15. The maximum Gasteiger partial charge on any atom is 0.216 e. The predicted molar refractivity (Wildman–Crippen MR) is 56.6 cm³/mol. The Morgan fingerprint density at radius 2 is 1.69 bits per heavy atom. The molecule has 0 aromatic carbocycles. The standard InChI is InChI=1S/C8H18ClNO2S/c1-7(2)10(6-5-9)13(11,12)8(3)4/h7-8H,5-6H2,1-4H3. The lowest BCUT2D eigenvalue weighted by atomic mass is 10.4. The molecule has 0 aliphatic heterocycles. The van der Waals surface area contributed by atoms with Crippen LogP contribution >= 0.6 is 11.6 Å². The average molecular weight is 228 g/mol. The molecule has 13 heavy (non-hydrogen) atoms. The Morgan fingerprint density at radius 3 is 1.92 bits per heavy atom. The molecule has 80 valence electrons. The molecule has 5 heteroatoms. The molecule has 0 unspecified atom stereocenters. The van der Waals surface area contributed by atoms with Crippen molar-refractivity contribution in [2.24, 2.45) is 0 Å². The van der Waals surface area contributed by atoms with Gasteiger partial charge in [-0.15, -0.1) is 11.6 Å². The highest BCUT2D eigenvalue weighted by atomic mass is 35.5. The Balaban J connectivity index is 4.74. The van der Waals surface area contributed by atoms with Crippen LogP contribution < -0.4 is 0 Å². The Kier molecular flexibility index (Phi) is 5.25. The molecule has 0 fully saturated rings. The first-order valence-corrected chi connectivity index (χ1v) is 6.44. The van der Waals surface area contributed by atoms with Crippen LogP contribution in [0.25, 0.3) is 0 Å². The van der Waals surface area contributed by atoms with Crippen molar-refractivity contribution in [2.45, 2.75) is 39.0 Å². The summed E-state index contributed by atoms with van der Waals surface area (Å²) < 4.78 is 24.9. The van der Waals surface area contributed by atoms with Crippen molar-refractivity contribution < 1.29 is 8.42 Å². The lowest BCUT2D eigenvalue weighted by Crippen LogP contribution is -2.42. The maximum absolute atomic E-state index is 11.7. The molecule has 0 aromatic heterocycles. The van der Waals surface area contributed by atoms with E-state index in [-0.39, 0.29) is 11.3 Å². The summed E-state index contributed by atoms with van der Waals surface area (Å²) in [5.41, 5.74) is 0. The van der Waals surface area contributed by atoms with Gasteiger partial charge in [-0.05, 0) is 27.7 Å². The first kappa shape index (κ1) is 13.2. The molecule has 0 heterocycles. The van der Waals surface area contributed by atoms with Gasteiger partial charge in [-0.25, -0.2) is 8.42 Å². The van der Waals surface area contributed by atoms with Crippen molar-refractivity contribution in [1.82, 2.24) is 4.31 Å². The summed E-state index contributed by atoms with van der Waals surface area (Å²) in [6.45, 7) is 7.45. The fraction of sp³-hybridized carbons (Fsp3) is 1.00. The van der Waals surface area contributed by atoms with Gasteiger partial charge in [-0.2, -0.15) is 4.31 Å². The van der Waals surface area contributed by atoms with Crippen molar-refractivity contribution in [3.8, 4) is 0 Å². The summed E-state index contributed by atoms with van der Waals surface area (Å²) in [5.74, 6) is 0.337. The van der Waals surface area contributed by atoms with Crippen LogP contribution in [0.3, 0.4) is 0 Å². The van der Waals surface area contributed by atoms with E-state index in [0.717, 1.165) is 0 Å². The third-order valence-corrected chi connectivity index (χ3v) is 4.42. The SMILES string of the molecule is CC(C)N(CCCl)S(=O)(=O)C(C)C. The minimum Gasteiger partial charge on any atom is -0.212 e. The van der Waals surface area contributed by atoms with Gasteiger partial charge in [-0.3, -0.25) is 0 Å². The zero-order chi connectivity index (χ0) is 10.6. The fourth-order valence-electron chi connectivity index (χ4n) is 1.03. The Hall–Kier alpha value is 0.200. The number of halogens is 1. The van der Waals surface area contributed by atoms with Gasteiger partial charge in [0.25, 0.3) is 0 Å². The third kappa shape index (κ3) is 3.44. The zero-order valence-corrected chi connectivity index (χ0v) is 10.2. The van der Waals surface area contributed by atoms with Crippen molar-refractivity contribution in [3.05, 3.63) is 0 Å². The highest BCUT2D eigenvalue weighted by Gasteiger charge is 2.27. The fourth-order valence-corrected chi connectivity index (χ4v) is 2.79. The van der Waals surface area contributed by atoms with Gasteiger partial charge in [0, 0.05) is 18.5 Å². The van der Waals surface area contributed by atoms with Gasteiger partial charge in [0.15, 0.2) is 0 Å². The summed E-state index contributed by atoms with van der Waals surface area (Å²) in [6, 6.07) is -0.0221. The van der Waals surface area contributed by atoms with E-state index >= 15 is 0 Å². The zero-order valence-electron chi connectivity index (χ0n) is 8.62. The number of nitrogens with zero attached hydrogens (tertiary/aromatic N) is 1. The van der Waals surface area contributed by atoms with Gasteiger partial charge >= 0.3 is 0 Å². The molecule has 0 saturated heterocycles. The van der Waals surface area contributed by atoms with Crippen molar-refractivity contribution in [2.75, 3.05) is 12.4 Å². The average Bonchev–Trinajstić information content (AvgIpc) is 1.98. The van der Waals surface area contributed by atoms with Crippen LogP contribution in [-0.2, 0) is 10.0 Å². The van der Waals surface area contributed by atoms with Gasteiger partial charge in [-0.1, -0.05) is 0 Å². The van der Waals surface area contributed by atoms with Crippen molar-refractivity contribution in [1.29, 1.82) is 0 Å². The van der Waals surface area contributed by atoms with E-state index < -0.39 is 10.0 Å². The molecule has 0 spiro atoms. The van der Waals surface area contributed by atoms with Gasteiger partial charge in [0.2, 0.25) is 10.0 Å². The smallest absolute Gasteiger partial charge is 0.212 e. The molecule has 0 aromatic rings. The molecule has 0 bridgehead atoms. The van der Waals surface area contributed by atoms with E-state index in [4.69, 9.17) is 11.6 Å². The van der Waals surface area contributed by atoms with Crippen LogP contribution in [0.15, 0.2) is 0 Å². The summed E-state index contributed by atoms with van der Waals surface area (Å²) in [4.78, 5) is 0. The number of hydrogen-bond donors (Lipinski definition) is 0. The van der Waals surface area contributed by atoms with Crippen LogP contribution in [0.4, 0.5) is 0 Å². The lowest BCUT2D eigenvalue weighted by molar-refractivity contribution is 0.367. The third-order valence-electron chi connectivity index (χ3n) is 1.80. The molecular weight excluding hydrogens is 210 g/mol. The van der Waals surface area contributed by atoms with Crippen molar-refractivity contribution in [3.63, 3.8) is 0 Å². The summed E-state index contributed by atoms with van der Waals surface area (Å²) in [5, 5.41) is -0.377. The van der Waals surface area contributed by atoms with E-state index in [1.807, 2.05) is 13.8 Å². The molecule has 0 aliphatic carbocycles. The molecular formula is C8H18ClNO2S. The second kappa shape index (κ2) is 5.17. The minimum absolute atomic E-state index is 0.0221. The van der Waals surface area contributed by atoms with E-state index in [1.54, 1.807) is 13.8 Å².